The molecule has 2 heteroatoms. The summed E-state index contributed by atoms with van der Waals surface area (Å²) in [6.07, 6.45) is 3.94. The van der Waals surface area contributed by atoms with Crippen LogP contribution in [0.1, 0.15) is 40.0 Å². The maximum Gasteiger partial charge on any atom is 0.102 e. The molecule has 2 rings (SSSR count). The molecule has 82 valence electrons. The fourth-order valence-electron chi connectivity index (χ4n) is 3.74. The predicted octanol–water partition coefficient (Wildman–Crippen LogP) is 2.76. The van der Waals surface area contributed by atoms with E-state index in [2.05, 4.69) is 26.1 Å². The van der Waals surface area contributed by atoms with E-state index in [0.717, 1.165) is 5.92 Å². The molecule has 14 heavy (non-hydrogen) atoms. The highest BCUT2D eigenvalue weighted by molar-refractivity contribution is 5.12. The Bertz CT molecular complexity index is 226. The molecule has 0 spiro atoms. The van der Waals surface area contributed by atoms with Crippen molar-refractivity contribution < 1.29 is 4.39 Å². The number of nitrogens with one attached hydrogen (secondary N) is 1. The van der Waals surface area contributed by atoms with Crippen molar-refractivity contribution in [2.24, 2.45) is 16.7 Å². The SMILES string of the molecule is CC1(C)[C@H]2CC[C@]1(C)C(NCCF)C2. The third-order valence-electron chi connectivity index (χ3n) is 5.28. The summed E-state index contributed by atoms with van der Waals surface area (Å²) >= 11 is 0. The zero-order chi connectivity index (χ0) is 10.4. The fourth-order valence-corrected chi connectivity index (χ4v) is 3.74. The first kappa shape index (κ1) is 10.4. The van der Waals surface area contributed by atoms with Crippen LogP contribution in [-0.2, 0) is 0 Å². The summed E-state index contributed by atoms with van der Waals surface area (Å²) in [4.78, 5) is 0. The highest BCUT2D eigenvalue weighted by atomic mass is 19.1. The van der Waals surface area contributed by atoms with Gasteiger partial charge in [-0.1, -0.05) is 20.8 Å². The molecular formula is C12H22FN. The van der Waals surface area contributed by atoms with Gasteiger partial charge in [0.2, 0.25) is 0 Å². The average molecular weight is 199 g/mol. The lowest BCUT2D eigenvalue weighted by Gasteiger charge is -2.39. The van der Waals surface area contributed by atoms with Crippen LogP contribution in [0, 0.1) is 16.7 Å². The Balaban J connectivity index is 2.11. The monoisotopic (exact) mass is 199 g/mol. The van der Waals surface area contributed by atoms with Crippen LogP contribution in [-0.4, -0.2) is 19.3 Å². The number of alkyl halides is 1. The van der Waals surface area contributed by atoms with Crippen molar-refractivity contribution in [2.75, 3.05) is 13.2 Å². The predicted molar refractivity (Wildman–Crippen MR) is 57.0 cm³/mol. The van der Waals surface area contributed by atoms with Gasteiger partial charge in [-0.15, -0.1) is 0 Å². The number of hydrogen-bond donors (Lipinski definition) is 1. The van der Waals surface area contributed by atoms with Crippen LogP contribution < -0.4 is 5.32 Å². The number of hydrogen-bond acceptors (Lipinski definition) is 1. The molecule has 0 radical (unpaired) electrons. The van der Waals surface area contributed by atoms with Crippen LogP contribution in [0.25, 0.3) is 0 Å². The lowest BCUT2D eigenvalue weighted by atomic mass is 9.69. The molecule has 0 aromatic rings. The molecule has 0 aromatic heterocycles. The largest absolute Gasteiger partial charge is 0.311 e. The van der Waals surface area contributed by atoms with Gasteiger partial charge in [0.1, 0.15) is 6.67 Å². The summed E-state index contributed by atoms with van der Waals surface area (Å²) in [5.74, 6) is 0.851. The highest BCUT2D eigenvalue weighted by Crippen LogP contribution is 2.65. The quantitative estimate of drug-likeness (QED) is 0.737. The Kier molecular flexibility index (Phi) is 2.37. The molecule has 0 aliphatic heterocycles. The summed E-state index contributed by atoms with van der Waals surface area (Å²) < 4.78 is 12.1. The van der Waals surface area contributed by atoms with E-state index in [9.17, 15) is 4.39 Å². The van der Waals surface area contributed by atoms with Crippen molar-refractivity contribution in [1.82, 2.24) is 5.32 Å². The zero-order valence-electron chi connectivity index (χ0n) is 9.57. The summed E-state index contributed by atoms with van der Waals surface area (Å²) in [6, 6.07) is 0.548. The summed E-state index contributed by atoms with van der Waals surface area (Å²) in [7, 11) is 0. The van der Waals surface area contributed by atoms with Gasteiger partial charge in [-0.25, -0.2) is 4.39 Å². The van der Waals surface area contributed by atoms with E-state index in [1.807, 2.05) is 0 Å². The highest BCUT2D eigenvalue weighted by Gasteiger charge is 2.60. The minimum absolute atomic E-state index is 0.238. The maximum absolute atomic E-state index is 12.1. The second-order valence-corrected chi connectivity index (χ2v) is 5.81. The van der Waals surface area contributed by atoms with Crippen molar-refractivity contribution in [3.05, 3.63) is 0 Å². The van der Waals surface area contributed by atoms with E-state index in [1.54, 1.807) is 0 Å². The molecule has 1 nitrogen and oxygen atoms in total. The van der Waals surface area contributed by atoms with Gasteiger partial charge in [-0.2, -0.15) is 0 Å². The molecule has 2 bridgehead atoms. The lowest BCUT2D eigenvalue weighted by Crippen LogP contribution is -2.45. The molecule has 0 aromatic carbocycles. The summed E-state index contributed by atoms with van der Waals surface area (Å²) in [5, 5.41) is 3.38. The van der Waals surface area contributed by atoms with Gasteiger partial charge >= 0.3 is 0 Å². The molecule has 1 N–H and O–H groups in total. The standard InChI is InChI=1S/C12H22FN/c1-11(2)9-4-5-12(11,3)10(8-9)14-7-6-13/h9-10,14H,4-8H2,1-3H3/t9-,10?,12+/m0/s1. The van der Waals surface area contributed by atoms with E-state index in [-0.39, 0.29) is 6.67 Å². The van der Waals surface area contributed by atoms with Gasteiger partial charge < -0.3 is 5.32 Å². The van der Waals surface area contributed by atoms with Crippen molar-refractivity contribution in [1.29, 1.82) is 0 Å². The fraction of sp³-hybridized carbons (Fsp3) is 1.00. The van der Waals surface area contributed by atoms with E-state index in [1.165, 1.54) is 19.3 Å². The van der Waals surface area contributed by atoms with Gasteiger partial charge in [0.05, 0.1) is 0 Å². The molecule has 0 saturated heterocycles. The van der Waals surface area contributed by atoms with Crippen LogP contribution >= 0.6 is 0 Å². The van der Waals surface area contributed by atoms with E-state index in [0.29, 0.717) is 23.4 Å². The first-order valence-electron chi connectivity index (χ1n) is 5.82. The molecule has 2 aliphatic rings. The molecule has 3 atom stereocenters. The molecule has 2 saturated carbocycles. The van der Waals surface area contributed by atoms with Crippen molar-refractivity contribution in [3.63, 3.8) is 0 Å². The Hall–Kier alpha value is -0.110. The molecule has 2 aliphatic carbocycles. The molecule has 2 fully saturated rings. The van der Waals surface area contributed by atoms with Crippen LogP contribution in [0.4, 0.5) is 4.39 Å². The van der Waals surface area contributed by atoms with Crippen LogP contribution in [0.3, 0.4) is 0 Å². The Morgan fingerprint density at radius 2 is 2.07 bits per heavy atom. The first-order valence-corrected chi connectivity index (χ1v) is 5.82. The van der Waals surface area contributed by atoms with Gasteiger partial charge in [0, 0.05) is 12.6 Å². The summed E-state index contributed by atoms with van der Waals surface area (Å²) in [5.41, 5.74) is 0.841. The molecule has 1 unspecified atom stereocenters. The van der Waals surface area contributed by atoms with Crippen LogP contribution in [0.5, 0.6) is 0 Å². The summed E-state index contributed by atoms with van der Waals surface area (Å²) in [6.45, 7) is 7.46. The van der Waals surface area contributed by atoms with Crippen LogP contribution in [0.2, 0.25) is 0 Å². The smallest absolute Gasteiger partial charge is 0.102 e. The maximum atomic E-state index is 12.1. The van der Waals surface area contributed by atoms with Crippen molar-refractivity contribution in [2.45, 2.75) is 46.1 Å². The van der Waals surface area contributed by atoms with E-state index >= 15 is 0 Å². The van der Waals surface area contributed by atoms with Crippen molar-refractivity contribution in [3.8, 4) is 0 Å². The lowest BCUT2D eigenvalue weighted by molar-refractivity contribution is 0.120. The van der Waals surface area contributed by atoms with Gasteiger partial charge in [0.25, 0.3) is 0 Å². The van der Waals surface area contributed by atoms with E-state index < -0.39 is 0 Å². The topological polar surface area (TPSA) is 12.0 Å². The first-order chi connectivity index (χ1) is 6.52. The number of rotatable bonds is 3. The minimum atomic E-state index is -0.238. The third kappa shape index (κ3) is 1.16. The normalized spacial score (nSPS) is 44.6. The number of halogens is 1. The van der Waals surface area contributed by atoms with Crippen LogP contribution in [0.15, 0.2) is 0 Å². The molecule has 0 amide bonds. The Morgan fingerprint density at radius 3 is 2.50 bits per heavy atom. The Labute approximate surface area is 86.5 Å². The average Bonchev–Trinajstić information content (AvgIpc) is 2.46. The van der Waals surface area contributed by atoms with Gasteiger partial charge in [0.15, 0.2) is 0 Å². The third-order valence-corrected chi connectivity index (χ3v) is 5.28. The second kappa shape index (κ2) is 3.19. The molecule has 0 heterocycles. The Morgan fingerprint density at radius 1 is 1.36 bits per heavy atom. The zero-order valence-corrected chi connectivity index (χ0v) is 9.57. The van der Waals surface area contributed by atoms with Crippen molar-refractivity contribution >= 4 is 0 Å². The van der Waals surface area contributed by atoms with Gasteiger partial charge in [-0.05, 0) is 36.0 Å². The van der Waals surface area contributed by atoms with E-state index in [4.69, 9.17) is 0 Å². The minimum Gasteiger partial charge on any atom is -0.311 e. The number of fused-ring (bicyclic) bond motifs is 2. The van der Waals surface area contributed by atoms with Gasteiger partial charge in [-0.3, -0.25) is 0 Å². The molecular weight excluding hydrogens is 177 g/mol. The second-order valence-electron chi connectivity index (χ2n) is 5.81.